The Morgan fingerprint density at radius 1 is 0.613 bits per heavy atom. The Labute approximate surface area is 359 Å². The molecule has 0 saturated heterocycles. The summed E-state index contributed by atoms with van der Waals surface area (Å²) in [5.74, 6) is -1.43. The first kappa shape index (κ1) is 44.1. The standard InChI is InChI=1S/C46H31Cl2F9N4O/c1-28(60-27-41(61(59-60)26-29-8-4-2-5-9-29)39-21-16-34(44(49,50)51)25-40(39)30-10-6-3-7-11-30)43(32-12-17-37(47)18-13-32,33-14-19-38(48)20-15-33)58-42(62)31-22-35(45(52,53)54)24-36(23-31)46(55,56)57/h2-25,27-28H,26H2,1H3/p+1/t28-/m0/s1. The molecule has 0 saturated carbocycles. The molecule has 7 rings (SSSR count). The molecule has 16 heteroatoms. The van der Waals surface area contributed by atoms with Crippen LogP contribution in [-0.2, 0) is 30.6 Å². The molecule has 5 nitrogen and oxygen atoms in total. The van der Waals surface area contributed by atoms with Gasteiger partial charge in [0.15, 0.2) is 10.8 Å². The van der Waals surface area contributed by atoms with Gasteiger partial charge in [0.1, 0.15) is 6.54 Å². The highest BCUT2D eigenvalue weighted by atomic mass is 35.5. The maximum atomic E-state index is 14.4. The van der Waals surface area contributed by atoms with Crippen LogP contribution in [-0.4, -0.2) is 16.6 Å². The van der Waals surface area contributed by atoms with Gasteiger partial charge in [0.05, 0.1) is 22.3 Å². The van der Waals surface area contributed by atoms with Gasteiger partial charge in [0, 0.05) is 22.5 Å². The van der Waals surface area contributed by atoms with Crippen molar-refractivity contribution in [2.24, 2.45) is 10.2 Å². The monoisotopic (exact) mass is 897 g/mol. The lowest BCUT2D eigenvalue weighted by Gasteiger charge is -2.34. The molecular weight excluding hydrogens is 866 g/mol. The summed E-state index contributed by atoms with van der Waals surface area (Å²) in [5, 5.41) is 20.3. The molecular formula is C46H32Cl2F9N4O+. The van der Waals surface area contributed by atoms with Gasteiger partial charge in [-0.1, -0.05) is 108 Å². The zero-order valence-corrected chi connectivity index (χ0v) is 33.6. The molecule has 0 aromatic heterocycles. The summed E-state index contributed by atoms with van der Waals surface area (Å²) >= 11 is 12.6. The van der Waals surface area contributed by atoms with Gasteiger partial charge in [-0.2, -0.15) is 39.5 Å². The quantitative estimate of drug-likeness (QED) is 0.0633. The van der Waals surface area contributed by atoms with E-state index in [4.69, 9.17) is 28.4 Å². The van der Waals surface area contributed by atoms with Crippen LogP contribution >= 0.6 is 23.2 Å². The highest BCUT2D eigenvalue weighted by Gasteiger charge is 2.51. The van der Waals surface area contributed by atoms with E-state index in [1.807, 2.05) is 18.2 Å². The molecule has 0 amide bonds. The first-order chi connectivity index (χ1) is 29.2. The van der Waals surface area contributed by atoms with Gasteiger partial charge in [-0.15, -0.1) is 5.01 Å². The Bertz CT molecular complexity index is 2590. The molecule has 318 valence electrons. The number of rotatable bonds is 10. The smallest absolute Gasteiger partial charge is 0.416 e. The maximum absolute atomic E-state index is 14.4. The molecule has 6 aromatic carbocycles. The van der Waals surface area contributed by atoms with E-state index in [0.29, 0.717) is 34.0 Å². The van der Waals surface area contributed by atoms with Crippen LogP contribution in [0.4, 0.5) is 39.5 Å². The third-order valence-electron chi connectivity index (χ3n) is 10.4. The second-order valence-corrected chi connectivity index (χ2v) is 15.3. The average Bonchev–Trinajstić information content (AvgIpc) is 3.65. The van der Waals surface area contributed by atoms with Crippen LogP contribution in [0, 0.1) is 0 Å². The summed E-state index contributed by atoms with van der Waals surface area (Å²) in [7, 11) is 0. The molecule has 6 aromatic rings. The maximum Gasteiger partial charge on any atom is 0.416 e. The first-order valence-corrected chi connectivity index (χ1v) is 19.5. The number of benzene rings is 6. The minimum absolute atomic E-state index is 0.0878. The van der Waals surface area contributed by atoms with E-state index >= 15 is 0 Å². The summed E-state index contributed by atoms with van der Waals surface area (Å²) < 4.78 is 128. The molecule has 0 radical (unpaired) electrons. The van der Waals surface area contributed by atoms with Gasteiger partial charge in [-0.3, -0.25) is 4.99 Å². The minimum atomic E-state index is -5.26. The molecule has 0 spiro atoms. The van der Waals surface area contributed by atoms with Crippen molar-refractivity contribution in [2.45, 2.75) is 43.6 Å². The van der Waals surface area contributed by atoms with E-state index in [0.717, 1.165) is 17.7 Å². The summed E-state index contributed by atoms with van der Waals surface area (Å²) in [6.07, 6.45) is -13.6. The van der Waals surface area contributed by atoms with Crippen LogP contribution < -0.4 is 10.1 Å². The SMILES string of the molecule is C[C@H]([N+]1=N[NH+](Cc2ccccc2)C(c2ccc(C(F)(F)F)cc2-c2ccccc2)=C1)C(N=C([O-])c1cc(C(F)(F)F)cc(C(F)(F)F)c1)(c1ccc(Cl)cc1)c1ccc(Cl)cc1. The molecule has 0 bridgehead atoms. The first-order valence-electron chi connectivity index (χ1n) is 18.7. The summed E-state index contributed by atoms with van der Waals surface area (Å²) in [5.41, 5.74) is -4.59. The predicted octanol–water partition coefficient (Wildman–Crippen LogP) is 11.6. The van der Waals surface area contributed by atoms with Crippen molar-refractivity contribution in [3.63, 3.8) is 0 Å². The molecule has 62 heavy (non-hydrogen) atoms. The molecule has 1 N–H and O–H groups in total. The van der Waals surface area contributed by atoms with Gasteiger partial charge in [-0.05, 0) is 99.1 Å². The lowest BCUT2D eigenvalue weighted by Crippen LogP contribution is -3.02. The lowest BCUT2D eigenvalue weighted by molar-refractivity contribution is -0.898. The number of aliphatic imine (C=N–C) groups is 1. The molecule has 2 atom stereocenters. The van der Waals surface area contributed by atoms with Crippen molar-refractivity contribution in [1.29, 1.82) is 0 Å². The van der Waals surface area contributed by atoms with E-state index in [-0.39, 0.29) is 39.3 Å². The second kappa shape index (κ2) is 17.1. The van der Waals surface area contributed by atoms with Gasteiger partial charge < -0.3 is 5.11 Å². The van der Waals surface area contributed by atoms with E-state index in [1.54, 1.807) is 55.6 Å². The number of hydrogen-bond donors (Lipinski definition) is 1. The zero-order valence-electron chi connectivity index (χ0n) is 32.1. The highest BCUT2D eigenvalue weighted by molar-refractivity contribution is 6.30. The van der Waals surface area contributed by atoms with Crippen molar-refractivity contribution in [3.05, 3.63) is 206 Å². The summed E-state index contributed by atoms with van der Waals surface area (Å²) in [6, 6.07) is 32.2. The van der Waals surface area contributed by atoms with Crippen molar-refractivity contribution in [2.75, 3.05) is 0 Å². The Morgan fingerprint density at radius 3 is 1.60 bits per heavy atom. The van der Waals surface area contributed by atoms with Gasteiger partial charge in [-0.25, -0.2) is 0 Å². The van der Waals surface area contributed by atoms with Crippen molar-refractivity contribution < 1.29 is 54.3 Å². The second-order valence-electron chi connectivity index (χ2n) is 14.4. The molecule has 1 heterocycles. The zero-order chi connectivity index (χ0) is 44.6. The van der Waals surface area contributed by atoms with Crippen LogP contribution in [0.15, 0.2) is 162 Å². The van der Waals surface area contributed by atoms with Gasteiger partial charge in [0.25, 0.3) is 6.20 Å². The number of alkyl halides is 9. The highest BCUT2D eigenvalue weighted by Crippen LogP contribution is 2.43. The van der Waals surface area contributed by atoms with E-state index in [9.17, 15) is 44.6 Å². The number of quaternary nitrogens is 1. The Kier molecular flexibility index (Phi) is 12.1. The van der Waals surface area contributed by atoms with Crippen molar-refractivity contribution in [3.8, 4) is 11.1 Å². The third-order valence-corrected chi connectivity index (χ3v) is 10.9. The van der Waals surface area contributed by atoms with Crippen LogP contribution in [0.3, 0.4) is 0 Å². The molecule has 1 unspecified atom stereocenters. The van der Waals surface area contributed by atoms with Crippen LogP contribution in [0.25, 0.3) is 16.8 Å². The third kappa shape index (κ3) is 9.27. The van der Waals surface area contributed by atoms with Crippen molar-refractivity contribution in [1.82, 2.24) is 0 Å². The number of nitrogens with zero attached hydrogens (tertiary/aromatic N) is 3. The molecule has 1 aliphatic heterocycles. The van der Waals surface area contributed by atoms with Crippen molar-refractivity contribution >= 4 is 34.8 Å². The minimum Gasteiger partial charge on any atom is -0.858 e. The fraction of sp³-hybridized carbons (Fsp3) is 0.152. The van der Waals surface area contributed by atoms with Gasteiger partial charge >= 0.3 is 18.5 Å². The molecule has 1 aliphatic rings. The van der Waals surface area contributed by atoms with Crippen LogP contribution in [0.2, 0.25) is 10.0 Å². The Morgan fingerprint density at radius 2 is 1.10 bits per heavy atom. The Balaban J connectivity index is 1.50. The fourth-order valence-electron chi connectivity index (χ4n) is 7.36. The lowest BCUT2D eigenvalue weighted by atomic mass is 9.77. The number of halogens is 11. The topological polar surface area (TPSA) is 55.2 Å². The number of nitrogens with one attached hydrogen (secondary N) is 1. The van der Waals surface area contributed by atoms with E-state index in [1.165, 1.54) is 59.3 Å². The molecule has 0 fully saturated rings. The summed E-state index contributed by atoms with van der Waals surface area (Å²) in [6.45, 7) is 1.77. The largest absolute Gasteiger partial charge is 0.858 e. The fourth-order valence-corrected chi connectivity index (χ4v) is 7.61. The normalized spacial score (nSPS) is 15.6. The Hall–Kier alpha value is -5.96. The predicted molar refractivity (Wildman–Crippen MR) is 215 cm³/mol. The van der Waals surface area contributed by atoms with E-state index < -0.39 is 58.3 Å². The van der Waals surface area contributed by atoms with Crippen LogP contribution in [0.1, 0.15) is 51.4 Å². The van der Waals surface area contributed by atoms with E-state index in [2.05, 4.69) is 4.99 Å². The van der Waals surface area contributed by atoms with Gasteiger partial charge in [0.2, 0.25) is 11.7 Å². The van der Waals surface area contributed by atoms with Crippen LogP contribution in [0.5, 0.6) is 0 Å². The number of hydrogen-bond acceptors (Lipinski definition) is 3. The summed E-state index contributed by atoms with van der Waals surface area (Å²) in [4.78, 5) is 4.55. The average molecular weight is 899 g/mol. The molecule has 0 aliphatic carbocycles.